The number of nitrogens with zero attached hydrogens (tertiary/aromatic N) is 1. The number of hydrogen-bond donors (Lipinski definition) is 1. The monoisotopic (exact) mass is 560 g/mol. The number of ether oxygens (including phenoxy) is 1. The first-order chi connectivity index (χ1) is 16.8. The number of alkyl halides is 3. The molecule has 0 aromatic heterocycles. The van der Waals surface area contributed by atoms with Crippen molar-refractivity contribution in [1.29, 1.82) is 0 Å². The molecule has 1 N–H and O–H groups in total. The Morgan fingerprint density at radius 2 is 1.64 bits per heavy atom. The SMILES string of the molecule is CS(=O)(=O)N(Cc1ccc(C(=O)NCCOc2ccc(Cl)cc2)cc1)c1ccc(Cl)c(C(F)(F)F)c1. The number of carbonyl (C=O) groups excluding carboxylic acids is 1. The average Bonchev–Trinajstić information content (AvgIpc) is 2.81. The van der Waals surface area contributed by atoms with Crippen LogP contribution in [0.3, 0.4) is 0 Å². The fraction of sp³-hybridized carbons (Fsp3) is 0.208. The lowest BCUT2D eigenvalue weighted by Gasteiger charge is -2.24. The smallest absolute Gasteiger partial charge is 0.417 e. The molecule has 0 spiro atoms. The molecule has 0 heterocycles. The first kappa shape index (κ1) is 27.6. The highest BCUT2D eigenvalue weighted by Gasteiger charge is 2.34. The molecule has 0 fully saturated rings. The van der Waals surface area contributed by atoms with Crippen LogP contribution in [0.25, 0.3) is 0 Å². The lowest BCUT2D eigenvalue weighted by Crippen LogP contribution is -2.30. The van der Waals surface area contributed by atoms with Gasteiger partial charge in [-0.05, 0) is 60.2 Å². The Balaban J connectivity index is 1.65. The number of hydrogen-bond acceptors (Lipinski definition) is 4. The van der Waals surface area contributed by atoms with E-state index in [1.54, 1.807) is 24.3 Å². The third kappa shape index (κ3) is 7.52. The van der Waals surface area contributed by atoms with E-state index in [-0.39, 0.29) is 31.3 Å². The fourth-order valence-electron chi connectivity index (χ4n) is 3.18. The van der Waals surface area contributed by atoms with Gasteiger partial charge in [-0.25, -0.2) is 8.42 Å². The summed E-state index contributed by atoms with van der Waals surface area (Å²) in [6, 6.07) is 15.7. The zero-order valence-electron chi connectivity index (χ0n) is 18.9. The third-order valence-electron chi connectivity index (χ3n) is 4.96. The van der Waals surface area contributed by atoms with Crippen molar-refractivity contribution >= 4 is 44.8 Å². The van der Waals surface area contributed by atoms with Gasteiger partial charge in [0.25, 0.3) is 5.91 Å². The van der Waals surface area contributed by atoms with Crippen molar-refractivity contribution in [2.24, 2.45) is 0 Å². The number of rotatable bonds is 9. The van der Waals surface area contributed by atoms with Crippen LogP contribution in [0.15, 0.2) is 66.7 Å². The molecule has 0 saturated carbocycles. The summed E-state index contributed by atoms with van der Waals surface area (Å²) < 4.78 is 70.8. The van der Waals surface area contributed by atoms with Crippen LogP contribution in [-0.4, -0.2) is 33.7 Å². The highest BCUT2D eigenvalue weighted by Crippen LogP contribution is 2.37. The van der Waals surface area contributed by atoms with E-state index >= 15 is 0 Å². The normalized spacial score (nSPS) is 11.7. The molecule has 0 unspecified atom stereocenters. The van der Waals surface area contributed by atoms with Crippen LogP contribution in [0.2, 0.25) is 10.0 Å². The van der Waals surface area contributed by atoms with Gasteiger partial charge in [-0.3, -0.25) is 9.10 Å². The Bertz CT molecular complexity index is 1320. The molecule has 0 aliphatic heterocycles. The van der Waals surface area contributed by atoms with Gasteiger partial charge >= 0.3 is 6.18 Å². The number of amides is 1. The van der Waals surface area contributed by atoms with E-state index < -0.39 is 26.8 Å². The van der Waals surface area contributed by atoms with Gasteiger partial charge in [0.2, 0.25) is 10.0 Å². The van der Waals surface area contributed by atoms with Crippen LogP contribution in [0.1, 0.15) is 21.5 Å². The van der Waals surface area contributed by atoms with Crippen molar-refractivity contribution < 1.29 is 31.1 Å². The van der Waals surface area contributed by atoms with E-state index in [2.05, 4.69) is 5.32 Å². The molecule has 3 aromatic rings. The van der Waals surface area contributed by atoms with Crippen LogP contribution >= 0.6 is 23.2 Å². The van der Waals surface area contributed by atoms with Gasteiger partial charge in [0.1, 0.15) is 12.4 Å². The van der Waals surface area contributed by atoms with Crippen LogP contribution in [-0.2, 0) is 22.7 Å². The maximum atomic E-state index is 13.2. The number of benzene rings is 3. The van der Waals surface area contributed by atoms with E-state index in [4.69, 9.17) is 27.9 Å². The molecule has 3 rings (SSSR count). The Kier molecular flexibility index (Phi) is 8.76. The Morgan fingerprint density at radius 3 is 2.22 bits per heavy atom. The van der Waals surface area contributed by atoms with E-state index in [1.165, 1.54) is 30.3 Å². The topological polar surface area (TPSA) is 75.7 Å². The van der Waals surface area contributed by atoms with Crippen molar-refractivity contribution in [2.45, 2.75) is 12.7 Å². The zero-order chi connectivity index (χ0) is 26.5. The molecule has 12 heteroatoms. The van der Waals surface area contributed by atoms with Gasteiger partial charge in [-0.15, -0.1) is 0 Å². The lowest BCUT2D eigenvalue weighted by molar-refractivity contribution is -0.137. The molecule has 0 aliphatic carbocycles. The summed E-state index contributed by atoms with van der Waals surface area (Å²) in [6.07, 6.45) is -3.85. The van der Waals surface area contributed by atoms with Gasteiger partial charge in [0.15, 0.2) is 0 Å². The molecule has 0 atom stereocenters. The van der Waals surface area contributed by atoms with Crippen molar-refractivity contribution in [2.75, 3.05) is 23.7 Å². The first-order valence-electron chi connectivity index (χ1n) is 10.4. The van der Waals surface area contributed by atoms with E-state index in [0.29, 0.717) is 28.0 Å². The average molecular weight is 561 g/mol. The second kappa shape index (κ2) is 11.4. The largest absolute Gasteiger partial charge is 0.492 e. The molecule has 3 aromatic carbocycles. The molecule has 0 saturated heterocycles. The number of carbonyl (C=O) groups is 1. The van der Waals surface area contributed by atoms with E-state index in [9.17, 15) is 26.4 Å². The van der Waals surface area contributed by atoms with Crippen LogP contribution in [0.4, 0.5) is 18.9 Å². The number of sulfonamides is 1. The predicted octanol–water partition coefficient (Wildman–Crippen LogP) is 5.79. The van der Waals surface area contributed by atoms with Crippen LogP contribution in [0, 0.1) is 0 Å². The molecule has 0 aliphatic rings. The molecular weight excluding hydrogens is 540 g/mol. The molecule has 36 heavy (non-hydrogen) atoms. The minimum Gasteiger partial charge on any atom is -0.492 e. The third-order valence-corrected chi connectivity index (χ3v) is 6.68. The maximum absolute atomic E-state index is 13.2. The van der Waals surface area contributed by atoms with Crippen LogP contribution in [0.5, 0.6) is 5.75 Å². The predicted molar refractivity (Wildman–Crippen MR) is 133 cm³/mol. The standard InChI is InChI=1S/C24H21Cl2F3N2O4S/c1-36(33,34)31(19-8-11-22(26)21(14-19)24(27,28)29)15-16-2-4-17(5-3-16)23(32)30-12-13-35-20-9-6-18(25)7-10-20/h2-11,14H,12-13,15H2,1H3,(H,30,32). The summed E-state index contributed by atoms with van der Waals surface area (Å²) >= 11 is 11.5. The minimum absolute atomic E-state index is 0.184. The first-order valence-corrected chi connectivity index (χ1v) is 13.0. The molecule has 0 bridgehead atoms. The van der Waals surface area contributed by atoms with Gasteiger partial charge in [0.05, 0.1) is 35.6 Å². The van der Waals surface area contributed by atoms with Crippen LogP contribution < -0.4 is 14.4 Å². The second-order valence-corrected chi connectivity index (χ2v) is 10.4. The van der Waals surface area contributed by atoms with Gasteiger partial charge in [0, 0.05) is 10.6 Å². The van der Waals surface area contributed by atoms with Gasteiger partial charge in [-0.2, -0.15) is 13.2 Å². The van der Waals surface area contributed by atoms with Gasteiger partial charge in [-0.1, -0.05) is 35.3 Å². The minimum atomic E-state index is -4.74. The Morgan fingerprint density at radius 1 is 1.00 bits per heavy atom. The van der Waals surface area contributed by atoms with Crippen molar-refractivity contribution in [1.82, 2.24) is 5.32 Å². The molecule has 6 nitrogen and oxygen atoms in total. The van der Waals surface area contributed by atoms with Gasteiger partial charge < -0.3 is 10.1 Å². The maximum Gasteiger partial charge on any atom is 0.417 e. The molecule has 192 valence electrons. The molecular formula is C24H21Cl2F3N2O4S. The summed E-state index contributed by atoms with van der Waals surface area (Å²) in [7, 11) is -3.94. The highest BCUT2D eigenvalue weighted by atomic mass is 35.5. The summed E-state index contributed by atoms with van der Waals surface area (Å²) in [5.74, 6) is 0.241. The highest BCUT2D eigenvalue weighted by molar-refractivity contribution is 7.92. The second-order valence-electron chi connectivity index (χ2n) is 7.69. The fourth-order valence-corrected chi connectivity index (χ4v) is 4.41. The Hall–Kier alpha value is -2.95. The number of anilines is 1. The lowest BCUT2D eigenvalue weighted by atomic mass is 10.1. The molecule has 0 radical (unpaired) electrons. The summed E-state index contributed by atoms with van der Waals surface area (Å²) in [6.45, 7) is 0.230. The summed E-state index contributed by atoms with van der Waals surface area (Å²) in [5.41, 5.74) is -0.535. The zero-order valence-corrected chi connectivity index (χ0v) is 21.2. The van der Waals surface area contributed by atoms with Crippen molar-refractivity contribution in [3.63, 3.8) is 0 Å². The molecule has 1 amide bonds. The quantitative estimate of drug-likeness (QED) is 0.336. The Labute approximate surface area is 216 Å². The summed E-state index contributed by atoms with van der Waals surface area (Å²) in [5, 5.41) is 2.75. The number of halogens is 5. The van der Waals surface area contributed by atoms with Crippen molar-refractivity contribution in [3.05, 3.63) is 93.5 Å². The van der Waals surface area contributed by atoms with E-state index in [1.807, 2.05) is 0 Å². The number of nitrogens with one attached hydrogen (secondary N) is 1. The van der Waals surface area contributed by atoms with E-state index in [0.717, 1.165) is 16.6 Å². The summed E-state index contributed by atoms with van der Waals surface area (Å²) in [4.78, 5) is 12.4. The van der Waals surface area contributed by atoms with Crippen molar-refractivity contribution in [3.8, 4) is 5.75 Å².